The van der Waals surface area contributed by atoms with Crippen LogP contribution in [0.25, 0.3) is 0 Å². The minimum atomic E-state index is -0.125. The number of benzene rings is 1. The predicted molar refractivity (Wildman–Crippen MR) is 76.5 cm³/mol. The zero-order chi connectivity index (χ0) is 12.8. The lowest BCUT2D eigenvalue weighted by molar-refractivity contribution is 0.101. The second kappa shape index (κ2) is 6.83. The van der Waals surface area contributed by atoms with Crippen LogP contribution in [0.3, 0.4) is 0 Å². The lowest BCUT2D eigenvalue weighted by Gasteiger charge is -2.13. The van der Waals surface area contributed by atoms with E-state index in [0.717, 1.165) is 16.4 Å². The fourth-order valence-corrected chi connectivity index (χ4v) is 1.90. The number of alkyl halides is 1. The van der Waals surface area contributed by atoms with Crippen molar-refractivity contribution in [2.45, 2.75) is 26.7 Å². The Bertz CT molecular complexity index is 402. The van der Waals surface area contributed by atoms with Crippen LogP contribution in [0.2, 0.25) is 0 Å². The van der Waals surface area contributed by atoms with Gasteiger partial charge in [-0.05, 0) is 25.5 Å². The van der Waals surface area contributed by atoms with E-state index < -0.39 is 0 Å². The smallest absolute Gasteiger partial charge is 0.163 e. The fraction of sp³-hybridized carbons (Fsp3) is 0.462. The first-order chi connectivity index (χ1) is 8.11. The van der Waals surface area contributed by atoms with Gasteiger partial charge in [-0.1, -0.05) is 35.9 Å². The number of ether oxygens (including phenoxy) is 1. The molecule has 1 aromatic carbocycles. The van der Waals surface area contributed by atoms with Crippen molar-refractivity contribution in [3.05, 3.63) is 23.3 Å². The van der Waals surface area contributed by atoms with Crippen molar-refractivity contribution < 1.29 is 14.6 Å². The number of aromatic hydroxyl groups is 1. The van der Waals surface area contributed by atoms with E-state index in [0.29, 0.717) is 24.3 Å². The number of carbonyl (C=O) groups is 1. The van der Waals surface area contributed by atoms with Crippen molar-refractivity contribution >= 4 is 28.4 Å². The molecule has 0 saturated heterocycles. The van der Waals surface area contributed by atoms with E-state index >= 15 is 0 Å². The molecule has 1 N–H and O–H groups in total. The summed E-state index contributed by atoms with van der Waals surface area (Å²) in [7, 11) is 0. The van der Waals surface area contributed by atoms with Gasteiger partial charge in [-0.3, -0.25) is 4.79 Å². The van der Waals surface area contributed by atoms with Gasteiger partial charge in [0.25, 0.3) is 0 Å². The third kappa shape index (κ3) is 3.59. The highest BCUT2D eigenvalue weighted by molar-refractivity contribution is 14.1. The Morgan fingerprint density at radius 1 is 1.47 bits per heavy atom. The number of ketones is 1. The van der Waals surface area contributed by atoms with Crippen molar-refractivity contribution in [2.75, 3.05) is 11.0 Å². The van der Waals surface area contributed by atoms with Crippen molar-refractivity contribution in [1.29, 1.82) is 0 Å². The van der Waals surface area contributed by atoms with Crippen LogP contribution >= 0.6 is 22.6 Å². The van der Waals surface area contributed by atoms with Gasteiger partial charge in [0, 0.05) is 9.99 Å². The Kier molecular flexibility index (Phi) is 5.74. The molecular weight excluding hydrogens is 331 g/mol. The average Bonchev–Trinajstić information content (AvgIpc) is 2.29. The maximum atomic E-state index is 11.3. The first-order valence-corrected chi connectivity index (χ1v) is 7.18. The van der Waals surface area contributed by atoms with Crippen LogP contribution in [-0.2, 0) is 6.42 Å². The second-order valence-electron chi connectivity index (χ2n) is 3.78. The van der Waals surface area contributed by atoms with E-state index in [4.69, 9.17) is 4.74 Å². The van der Waals surface area contributed by atoms with Gasteiger partial charge in [0.1, 0.15) is 11.5 Å². The van der Waals surface area contributed by atoms with Gasteiger partial charge < -0.3 is 9.84 Å². The highest BCUT2D eigenvalue weighted by Crippen LogP contribution is 2.32. The van der Waals surface area contributed by atoms with Crippen LogP contribution in [0, 0.1) is 0 Å². The highest BCUT2D eigenvalue weighted by atomic mass is 127. The van der Waals surface area contributed by atoms with E-state index in [9.17, 15) is 9.90 Å². The molecule has 0 amide bonds. The molecule has 1 aromatic rings. The van der Waals surface area contributed by atoms with Gasteiger partial charge in [0.2, 0.25) is 0 Å². The molecule has 0 bridgehead atoms. The number of halogens is 1. The van der Waals surface area contributed by atoms with Gasteiger partial charge >= 0.3 is 0 Å². The summed E-state index contributed by atoms with van der Waals surface area (Å²) in [6.45, 7) is 4.09. The van der Waals surface area contributed by atoms with Crippen LogP contribution in [-0.4, -0.2) is 21.9 Å². The summed E-state index contributed by atoms with van der Waals surface area (Å²) in [6, 6.07) is 3.40. The Morgan fingerprint density at radius 3 is 2.71 bits per heavy atom. The molecule has 0 heterocycles. The number of phenols is 1. The fourth-order valence-electron chi connectivity index (χ4n) is 1.68. The summed E-state index contributed by atoms with van der Waals surface area (Å²) in [5.41, 5.74) is 1.11. The third-order valence-electron chi connectivity index (χ3n) is 2.45. The van der Waals surface area contributed by atoms with Crippen molar-refractivity contribution in [3.63, 3.8) is 0 Å². The summed E-state index contributed by atoms with van der Waals surface area (Å²) >= 11 is 2.23. The third-order valence-corrected chi connectivity index (χ3v) is 2.89. The van der Waals surface area contributed by atoms with Crippen molar-refractivity contribution in [1.82, 2.24) is 0 Å². The monoisotopic (exact) mass is 348 g/mol. The number of hydrogen-bond donors (Lipinski definition) is 1. The van der Waals surface area contributed by atoms with Crippen LogP contribution in [0.1, 0.15) is 36.2 Å². The minimum absolute atomic E-state index is 0.0744. The minimum Gasteiger partial charge on any atom is -0.507 e. The molecule has 0 spiro atoms. The van der Waals surface area contributed by atoms with Gasteiger partial charge in [0.05, 0.1) is 12.2 Å². The standard InChI is InChI=1S/C13H17IO3/c1-3-4-11-12(17-8-7-14)6-5-10(9(2)15)13(11)16/h5-6,16H,3-4,7-8H2,1-2H3. The van der Waals surface area contributed by atoms with E-state index in [2.05, 4.69) is 22.6 Å². The number of carbonyl (C=O) groups excluding carboxylic acids is 1. The molecule has 17 heavy (non-hydrogen) atoms. The summed E-state index contributed by atoms with van der Waals surface area (Å²) < 4.78 is 6.46. The molecule has 0 radical (unpaired) electrons. The van der Waals surface area contributed by atoms with Gasteiger partial charge in [-0.25, -0.2) is 0 Å². The molecule has 0 atom stereocenters. The Hall–Kier alpha value is -0.780. The maximum absolute atomic E-state index is 11.3. The van der Waals surface area contributed by atoms with Gasteiger partial charge in [0.15, 0.2) is 5.78 Å². The molecule has 0 fully saturated rings. The number of Topliss-reactive ketones (excluding diaryl/α,β-unsaturated/α-hetero) is 1. The van der Waals surface area contributed by atoms with Crippen LogP contribution < -0.4 is 4.74 Å². The first kappa shape index (κ1) is 14.3. The number of rotatable bonds is 6. The predicted octanol–water partition coefficient (Wildman–Crippen LogP) is 3.36. The zero-order valence-corrected chi connectivity index (χ0v) is 12.3. The molecule has 0 saturated carbocycles. The molecule has 1 rings (SSSR count). The lowest BCUT2D eigenvalue weighted by Crippen LogP contribution is -2.03. The first-order valence-electron chi connectivity index (χ1n) is 5.66. The van der Waals surface area contributed by atoms with Gasteiger partial charge in [-0.15, -0.1) is 0 Å². The Morgan fingerprint density at radius 2 is 2.18 bits per heavy atom. The van der Waals surface area contributed by atoms with E-state index in [1.54, 1.807) is 12.1 Å². The molecule has 94 valence electrons. The number of hydrogen-bond acceptors (Lipinski definition) is 3. The zero-order valence-electron chi connectivity index (χ0n) is 10.1. The largest absolute Gasteiger partial charge is 0.507 e. The van der Waals surface area contributed by atoms with Crippen LogP contribution in [0.5, 0.6) is 11.5 Å². The topological polar surface area (TPSA) is 46.5 Å². The summed E-state index contributed by atoms with van der Waals surface area (Å²) in [6.07, 6.45) is 1.61. The molecule has 0 aliphatic carbocycles. The summed E-state index contributed by atoms with van der Waals surface area (Å²) in [5, 5.41) is 10.1. The molecule has 4 heteroatoms. The molecule has 0 aliphatic heterocycles. The second-order valence-corrected chi connectivity index (χ2v) is 4.86. The molecule has 3 nitrogen and oxygen atoms in total. The molecule has 0 aliphatic rings. The SMILES string of the molecule is CCCc1c(OCCI)ccc(C(C)=O)c1O. The summed E-state index contributed by atoms with van der Waals surface area (Å²) in [5.74, 6) is 0.636. The Labute approximate surface area is 115 Å². The molecule has 0 unspecified atom stereocenters. The normalized spacial score (nSPS) is 10.3. The Balaban J connectivity index is 3.14. The van der Waals surface area contributed by atoms with E-state index in [-0.39, 0.29) is 11.5 Å². The van der Waals surface area contributed by atoms with E-state index in [1.165, 1.54) is 6.92 Å². The molecule has 0 aromatic heterocycles. The summed E-state index contributed by atoms with van der Waals surface area (Å²) in [4.78, 5) is 11.3. The van der Waals surface area contributed by atoms with Crippen LogP contribution in [0.15, 0.2) is 12.1 Å². The lowest BCUT2D eigenvalue weighted by atomic mass is 10.0. The average molecular weight is 348 g/mol. The maximum Gasteiger partial charge on any atom is 0.163 e. The number of phenolic OH excluding ortho intramolecular Hbond substituents is 1. The van der Waals surface area contributed by atoms with Crippen LogP contribution in [0.4, 0.5) is 0 Å². The van der Waals surface area contributed by atoms with Gasteiger partial charge in [-0.2, -0.15) is 0 Å². The quantitative estimate of drug-likeness (QED) is 0.487. The van der Waals surface area contributed by atoms with Crippen molar-refractivity contribution in [3.8, 4) is 11.5 Å². The molecular formula is C13H17IO3. The van der Waals surface area contributed by atoms with Crippen molar-refractivity contribution in [2.24, 2.45) is 0 Å². The van der Waals surface area contributed by atoms with E-state index in [1.807, 2.05) is 6.92 Å². The highest BCUT2D eigenvalue weighted by Gasteiger charge is 2.15.